The molecule has 0 atom stereocenters. The van der Waals surface area contributed by atoms with Gasteiger partial charge in [-0.1, -0.05) is 23.8 Å². The molecule has 0 unspecified atom stereocenters. The van der Waals surface area contributed by atoms with Crippen molar-refractivity contribution in [3.63, 3.8) is 0 Å². The standard InChI is InChI=1S/C17H13N5O4S/c1-10-5-7-11(8-6-10)27(24,25)20-13-4-2-3-12-14(23)9-15(26-16(12)13)17-18-21-22-19-17/h2-9,20H,1H3,(H,18,19,21,22). The number of aromatic nitrogens is 4. The first-order valence-corrected chi connectivity index (χ1v) is 9.32. The minimum absolute atomic E-state index is 0.0724. The van der Waals surface area contributed by atoms with Crippen LogP contribution in [0.2, 0.25) is 0 Å². The van der Waals surface area contributed by atoms with Crippen LogP contribution in [-0.2, 0) is 10.0 Å². The molecule has 0 bridgehead atoms. The van der Waals surface area contributed by atoms with Gasteiger partial charge in [0.05, 0.1) is 16.0 Å². The zero-order valence-electron chi connectivity index (χ0n) is 14.0. The Morgan fingerprint density at radius 2 is 1.89 bits per heavy atom. The van der Waals surface area contributed by atoms with Gasteiger partial charge in [0.25, 0.3) is 10.0 Å². The molecule has 0 spiro atoms. The third-order valence-electron chi connectivity index (χ3n) is 3.90. The summed E-state index contributed by atoms with van der Waals surface area (Å²) in [6, 6.07) is 12.3. The van der Waals surface area contributed by atoms with E-state index in [9.17, 15) is 13.2 Å². The smallest absolute Gasteiger partial charge is 0.262 e. The summed E-state index contributed by atoms with van der Waals surface area (Å²) in [5.41, 5.74) is 0.804. The van der Waals surface area contributed by atoms with Crippen LogP contribution in [-0.4, -0.2) is 29.0 Å². The number of nitrogens with zero attached hydrogens (tertiary/aromatic N) is 3. The van der Waals surface area contributed by atoms with Gasteiger partial charge >= 0.3 is 0 Å². The van der Waals surface area contributed by atoms with Crippen LogP contribution >= 0.6 is 0 Å². The van der Waals surface area contributed by atoms with Crippen LogP contribution in [0.3, 0.4) is 0 Å². The second-order valence-electron chi connectivity index (χ2n) is 5.81. The Hall–Kier alpha value is -3.53. The number of aryl methyl sites for hydroxylation is 1. The maximum Gasteiger partial charge on any atom is 0.262 e. The van der Waals surface area contributed by atoms with E-state index in [0.29, 0.717) is 0 Å². The highest BCUT2D eigenvalue weighted by molar-refractivity contribution is 7.92. The van der Waals surface area contributed by atoms with Gasteiger partial charge in [-0.25, -0.2) is 8.42 Å². The van der Waals surface area contributed by atoms with Crippen molar-refractivity contribution >= 4 is 26.7 Å². The molecule has 0 fully saturated rings. The molecule has 2 N–H and O–H groups in total. The van der Waals surface area contributed by atoms with Crippen LogP contribution in [0.25, 0.3) is 22.6 Å². The number of anilines is 1. The molecule has 0 aliphatic rings. The van der Waals surface area contributed by atoms with Gasteiger partial charge in [-0.2, -0.15) is 5.21 Å². The molecule has 0 amide bonds. The highest BCUT2D eigenvalue weighted by atomic mass is 32.2. The van der Waals surface area contributed by atoms with E-state index in [2.05, 4.69) is 25.3 Å². The lowest BCUT2D eigenvalue weighted by atomic mass is 10.2. The minimum Gasteiger partial charge on any atom is -0.450 e. The topological polar surface area (TPSA) is 131 Å². The van der Waals surface area contributed by atoms with Crippen LogP contribution in [0.1, 0.15) is 5.56 Å². The molecule has 0 saturated heterocycles. The van der Waals surface area contributed by atoms with Gasteiger partial charge in [0.2, 0.25) is 5.82 Å². The molecule has 0 aliphatic heterocycles. The molecule has 136 valence electrons. The fraction of sp³-hybridized carbons (Fsp3) is 0.0588. The molecule has 4 rings (SSSR count). The molecule has 4 aromatic rings. The van der Waals surface area contributed by atoms with Crippen molar-refractivity contribution in [3.05, 3.63) is 64.3 Å². The lowest BCUT2D eigenvalue weighted by Crippen LogP contribution is -2.14. The predicted octanol–water partition coefficient (Wildman–Crippen LogP) is 2.08. The number of para-hydroxylation sites is 1. The van der Waals surface area contributed by atoms with E-state index in [1.54, 1.807) is 24.3 Å². The van der Waals surface area contributed by atoms with Crippen molar-refractivity contribution in [2.45, 2.75) is 11.8 Å². The van der Waals surface area contributed by atoms with Crippen molar-refractivity contribution in [1.82, 2.24) is 20.6 Å². The lowest BCUT2D eigenvalue weighted by molar-refractivity contribution is 0.599. The molecule has 10 heteroatoms. The number of fused-ring (bicyclic) bond motifs is 1. The summed E-state index contributed by atoms with van der Waals surface area (Å²) in [6.07, 6.45) is 0. The van der Waals surface area contributed by atoms with Gasteiger partial charge in [-0.05, 0) is 36.4 Å². The Morgan fingerprint density at radius 1 is 1.11 bits per heavy atom. The van der Waals surface area contributed by atoms with Crippen molar-refractivity contribution in [2.24, 2.45) is 0 Å². The Kier molecular flexibility index (Phi) is 3.96. The number of hydrogen-bond acceptors (Lipinski definition) is 7. The molecule has 2 heterocycles. The number of nitrogens with one attached hydrogen (secondary N) is 2. The molecule has 0 aliphatic carbocycles. The molecule has 0 radical (unpaired) electrons. The normalized spacial score (nSPS) is 11.6. The average molecular weight is 383 g/mol. The lowest BCUT2D eigenvalue weighted by Gasteiger charge is -2.10. The van der Waals surface area contributed by atoms with E-state index in [-0.39, 0.29) is 38.6 Å². The molecular weight excluding hydrogens is 370 g/mol. The molecule has 2 aromatic heterocycles. The summed E-state index contributed by atoms with van der Waals surface area (Å²) >= 11 is 0. The Bertz CT molecular complexity index is 1280. The first kappa shape index (κ1) is 16.9. The van der Waals surface area contributed by atoms with E-state index >= 15 is 0 Å². The maximum atomic E-state index is 12.7. The summed E-state index contributed by atoms with van der Waals surface area (Å²) in [7, 11) is -3.86. The van der Waals surface area contributed by atoms with Gasteiger partial charge in [0, 0.05) is 6.07 Å². The van der Waals surface area contributed by atoms with E-state index in [4.69, 9.17) is 4.42 Å². The summed E-state index contributed by atoms with van der Waals surface area (Å²) in [5, 5.41) is 13.5. The van der Waals surface area contributed by atoms with E-state index in [1.807, 2.05) is 6.92 Å². The van der Waals surface area contributed by atoms with Crippen LogP contribution < -0.4 is 10.2 Å². The highest BCUT2D eigenvalue weighted by Gasteiger charge is 2.18. The van der Waals surface area contributed by atoms with Gasteiger partial charge in [0.1, 0.15) is 0 Å². The SMILES string of the molecule is Cc1ccc(S(=O)(=O)Nc2cccc3c(=O)cc(-c4nn[nH]n4)oc23)cc1. The summed E-state index contributed by atoms with van der Waals surface area (Å²) < 4.78 is 33.5. The Balaban J connectivity index is 1.84. The minimum atomic E-state index is -3.86. The zero-order chi connectivity index (χ0) is 19.0. The van der Waals surface area contributed by atoms with E-state index < -0.39 is 10.0 Å². The molecular formula is C17H13N5O4S. The zero-order valence-corrected chi connectivity index (χ0v) is 14.8. The van der Waals surface area contributed by atoms with E-state index in [1.165, 1.54) is 24.3 Å². The second-order valence-corrected chi connectivity index (χ2v) is 7.49. The third kappa shape index (κ3) is 3.17. The van der Waals surface area contributed by atoms with Crippen LogP contribution in [0, 0.1) is 6.92 Å². The Labute approximate surface area is 153 Å². The van der Waals surface area contributed by atoms with Crippen molar-refractivity contribution < 1.29 is 12.8 Å². The number of tetrazole rings is 1. The third-order valence-corrected chi connectivity index (χ3v) is 5.28. The van der Waals surface area contributed by atoms with Crippen molar-refractivity contribution in [3.8, 4) is 11.6 Å². The van der Waals surface area contributed by atoms with Crippen LogP contribution in [0.4, 0.5) is 5.69 Å². The molecule has 0 saturated carbocycles. The number of H-pyrrole nitrogens is 1. The van der Waals surface area contributed by atoms with Crippen LogP contribution in [0.15, 0.2) is 62.6 Å². The van der Waals surface area contributed by atoms with Gasteiger partial charge < -0.3 is 4.42 Å². The first-order valence-electron chi connectivity index (χ1n) is 7.84. The number of hydrogen-bond donors (Lipinski definition) is 2. The number of aromatic amines is 1. The fourth-order valence-electron chi connectivity index (χ4n) is 2.56. The fourth-order valence-corrected chi connectivity index (χ4v) is 3.62. The second kappa shape index (κ2) is 6.32. The molecule has 27 heavy (non-hydrogen) atoms. The van der Waals surface area contributed by atoms with Gasteiger partial charge in [-0.15, -0.1) is 10.2 Å². The van der Waals surface area contributed by atoms with E-state index in [0.717, 1.165) is 5.56 Å². The number of sulfonamides is 1. The molecule has 2 aromatic carbocycles. The van der Waals surface area contributed by atoms with Crippen molar-refractivity contribution in [1.29, 1.82) is 0 Å². The molecule has 9 nitrogen and oxygen atoms in total. The summed E-state index contributed by atoms with van der Waals surface area (Å²) in [5.74, 6) is 0.161. The monoisotopic (exact) mass is 383 g/mol. The quantitative estimate of drug-likeness (QED) is 0.551. The predicted molar refractivity (Wildman–Crippen MR) is 97.6 cm³/mol. The Morgan fingerprint density at radius 3 is 2.59 bits per heavy atom. The first-order chi connectivity index (χ1) is 12.9. The van der Waals surface area contributed by atoms with Crippen molar-refractivity contribution in [2.75, 3.05) is 4.72 Å². The van der Waals surface area contributed by atoms with Gasteiger partial charge in [0.15, 0.2) is 16.8 Å². The number of rotatable bonds is 4. The largest absolute Gasteiger partial charge is 0.450 e. The van der Waals surface area contributed by atoms with Crippen LogP contribution in [0.5, 0.6) is 0 Å². The van der Waals surface area contributed by atoms with Gasteiger partial charge in [-0.3, -0.25) is 9.52 Å². The summed E-state index contributed by atoms with van der Waals surface area (Å²) in [4.78, 5) is 12.5. The highest BCUT2D eigenvalue weighted by Crippen LogP contribution is 2.27. The summed E-state index contributed by atoms with van der Waals surface area (Å²) in [6.45, 7) is 1.86. The maximum absolute atomic E-state index is 12.7. The number of benzene rings is 2. The average Bonchev–Trinajstić information content (AvgIpc) is 3.17.